The molecular weight excluding hydrogens is 479 g/mol. The van der Waals surface area contributed by atoms with Gasteiger partial charge in [-0.25, -0.2) is 9.50 Å². The number of alkyl halides is 3. The quantitative estimate of drug-likeness (QED) is 0.382. The molecule has 1 saturated heterocycles. The van der Waals surface area contributed by atoms with Crippen molar-refractivity contribution in [1.82, 2.24) is 19.5 Å². The minimum Gasteiger partial charge on any atom is -0.367 e. The second kappa shape index (κ2) is 8.88. The zero-order chi connectivity index (χ0) is 24.7. The van der Waals surface area contributed by atoms with Crippen LogP contribution in [0.1, 0.15) is 21.7 Å². The number of rotatable bonds is 3. The molecule has 4 aromatic rings. The smallest absolute Gasteiger partial charge is 0.367 e. The second-order valence-corrected chi connectivity index (χ2v) is 8.83. The lowest BCUT2D eigenvalue weighted by atomic mass is 10.1. The van der Waals surface area contributed by atoms with E-state index in [-0.39, 0.29) is 17.0 Å². The minimum absolute atomic E-state index is 0.0338. The third-order valence-electron chi connectivity index (χ3n) is 6.04. The number of halogens is 4. The summed E-state index contributed by atoms with van der Waals surface area (Å²) in [6.07, 6.45) is -4.67. The predicted molar refractivity (Wildman–Crippen MR) is 128 cm³/mol. The Hall–Kier alpha value is -3.59. The standard InChI is InChI=1S/C25H21ClF3N5O/c1-16-6-8-17(9-7-16)19-14-22(25(27,28)29)34-23(30-19)15-20(31-34)24(35)33-12-10-32(11-13-33)21-5-3-2-4-18(21)26/h2-9,14-15H,10-13H2,1H3. The SMILES string of the molecule is Cc1ccc(-c2cc(C(F)(F)F)n3nc(C(=O)N4CCN(c5ccccc5Cl)CC4)cc3n2)cc1. The van der Waals surface area contributed by atoms with E-state index in [0.29, 0.717) is 41.3 Å². The van der Waals surface area contributed by atoms with Crippen LogP contribution < -0.4 is 4.90 Å². The van der Waals surface area contributed by atoms with E-state index in [1.54, 1.807) is 23.1 Å². The number of fused-ring (bicyclic) bond motifs is 1. The summed E-state index contributed by atoms with van der Waals surface area (Å²) < 4.78 is 42.3. The number of amides is 1. The fourth-order valence-electron chi connectivity index (χ4n) is 4.17. The van der Waals surface area contributed by atoms with Crippen LogP contribution in [0.5, 0.6) is 0 Å². The van der Waals surface area contributed by atoms with E-state index >= 15 is 0 Å². The molecule has 6 nitrogen and oxygen atoms in total. The Morgan fingerprint density at radius 3 is 2.31 bits per heavy atom. The van der Waals surface area contributed by atoms with Crippen LogP contribution in [0.15, 0.2) is 60.7 Å². The molecule has 3 heterocycles. The van der Waals surface area contributed by atoms with Gasteiger partial charge in [0.1, 0.15) is 0 Å². The fourth-order valence-corrected chi connectivity index (χ4v) is 4.43. The highest BCUT2D eigenvalue weighted by Gasteiger charge is 2.36. The van der Waals surface area contributed by atoms with Crippen molar-refractivity contribution < 1.29 is 18.0 Å². The van der Waals surface area contributed by atoms with Gasteiger partial charge >= 0.3 is 6.18 Å². The van der Waals surface area contributed by atoms with Crippen molar-refractivity contribution in [2.45, 2.75) is 13.1 Å². The molecule has 180 valence electrons. The lowest BCUT2D eigenvalue weighted by Gasteiger charge is -2.36. The van der Waals surface area contributed by atoms with Crippen molar-refractivity contribution in [3.8, 4) is 11.3 Å². The van der Waals surface area contributed by atoms with E-state index < -0.39 is 17.8 Å². The third-order valence-corrected chi connectivity index (χ3v) is 6.36. The molecule has 0 atom stereocenters. The first-order chi connectivity index (χ1) is 16.7. The summed E-state index contributed by atoms with van der Waals surface area (Å²) in [5, 5.41) is 4.63. The van der Waals surface area contributed by atoms with Gasteiger partial charge in [-0.1, -0.05) is 53.6 Å². The number of carbonyl (C=O) groups excluding carboxylic acids is 1. The van der Waals surface area contributed by atoms with Gasteiger partial charge in [0.05, 0.1) is 16.4 Å². The van der Waals surface area contributed by atoms with E-state index in [2.05, 4.69) is 15.0 Å². The second-order valence-electron chi connectivity index (χ2n) is 8.42. The Kier molecular flexibility index (Phi) is 5.88. The average Bonchev–Trinajstić information content (AvgIpc) is 3.27. The maximum atomic E-state index is 13.9. The zero-order valence-corrected chi connectivity index (χ0v) is 19.5. The van der Waals surface area contributed by atoms with Crippen LogP contribution in [0.2, 0.25) is 5.02 Å². The number of benzene rings is 2. The molecule has 1 fully saturated rings. The summed E-state index contributed by atoms with van der Waals surface area (Å²) in [5.74, 6) is -0.431. The van der Waals surface area contributed by atoms with E-state index in [0.717, 1.165) is 17.3 Å². The Morgan fingerprint density at radius 2 is 1.66 bits per heavy atom. The Morgan fingerprint density at radius 1 is 0.971 bits per heavy atom. The Bertz CT molecular complexity index is 1390. The topological polar surface area (TPSA) is 53.7 Å². The molecule has 0 aliphatic carbocycles. The molecule has 1 aliphatic heterocycles. The molecule has 0 unspecified atom stereocenters. The number of aryl methyl sites for hydroxylation is 1. The highest BCUT2D eigenvalue weighted by Crippen LogP contribution is 2.33. The van der Waals surface area contributed by atoms with Gasteiger partial charge in [0.15, 0.2) is 17.0 Å². The molecule has 35 heavy (non-hydrogen) atoms. The largest absolute Gasteiger partial charge is 0.433 e. The van der Waals surface area contributed by atoms with Crippen molar-refractivity contribution >= 4 is 28.8 Å². The van der Waals surface area contributed by atoms with Gasteiger partial charge in [-0.3, -0.25) is 4.79 Å². The molecule has 0 N–H and O–H groups in total. The number of para-hydroxylation sites is 1. The molecule has 2 aromatic heterocycles. The predicted octanol–water partition coefficient (Wildman–Crippen LogP) is 5.34. The summed E-state index contributed by atoms with van der Waals surface area (Å²) in [6, 6.07) is 16.8. The molecule has 1 amide bonds. The lowest BCUT2D eigenvalue weighted by molar-refractivity contribution is -0.142. The van der Waals surface area contributed by atoms with Gasteiger partial charge in [-0.2, -0.15) is 18.3 Å². The summed E-state index contributed by atoms with van der Waals surface area (Å²) in [6.45, 7) is 3.78. The summed E-state index contributed by atoms with van der Waals surface area (Å²) >= 11 is 6.28. The maximum absolute atomic E-state index is 13.9. The first kappa shape index (κ1) is 23.2. The molecule has 0 radical (unpaired) electrons. The van der Waals surface area contributed by atoms with Gasteiger partial charge in [-0.05, 0) is 25.1 Å². The van der Waals surface area contributed by atoms with Crippen LogP contribution in [0.25, 0.3) is 16.9 Å². The number of carbonyl (C=O) groups is 1. The number of hydrogen-bond acceptors (Lipinski definition) is 4. The molecule has 0 bridgehead atoms. The maximum Gasteiger partial charge on any atom is 0.433 e. The minimum atomic E-state index is -4.67. The van der Waals surface area contributed by atoms with Gasteiger partial charge in [0.2, 0.25) is 0 Å². The molecular formula is C25H21ClF3N5O. The molecule has 0 spiro atoms. The van der Waals surface area contributed by atoms with Gasteiger partial charge in [0.25, 0.3) is 5.91 Å². The highest BCUT2D eigenvalue weighted by atomic mass is 35.5. The summed E-state index contributed by atoms with van der Waals surface area (Å²) in [4.78, 5) is 21.2. The average molecular weight is 500 g/mol. The van der Waals surface area contributed by atoms with Gasteiger partial charge < -0.3 is 9.80 Å². The van der Waals surface area contributed by atoms with Crippen molar-refractivity contribution in [3.63, 3.8) is 0 Å². The van der Waals surface area contributed by atoms with Crippen molar-refractivity contribution in [2.24, 2.45) is 0 Å². The molecule has 2 aromatic carbocycles. The monoisotopic (exact) mass is 499 g/mol. The Balaban J connectivity index is 1.43. The third kappa shape index (κ3) is 4.55. The highest BCUT2D eigenvalue weighted by molar-refractivity contribution is 6.33. The zero-order valence-electron chi connectivity index (χ0n) is 18.8. The molecule has 0 saturated carbocycles. The molecule has 10 heteroatoms. The van der Waals surface area contributed by atoms with E-state index in [1.165, 1.54) is 6.07 Å². The van der Waals surface area contributed by atoms with E-state index in [1.807, 2.05) is 37.3 Å². The van der Waals surface area contributed by atoms with E-state index in [9.17, 15) is 18.0 Å². The van der Waals surface area contributed by atoms with Crippen LogP contribution in [0, 0.1) is 6.92 Å². The lowest BCUT2D eigenvalue weighted by Crippen LogP contribution is -2.49. The fraction of sp³-hybridized carbons (Fsp3) is 0.240. The number of piperazine rings is 1. The van der Waals surface area contributed by atoms with Gasteiger partial charge in [0, 0.05) is 37.8 Å². The first-order valence-electron chi connectivity index (χ1n) is 11.0. The summed E-state index contributed by atoms with van der Waals surface area (Å²) in [7, 11) is 0. The van der Waals surface area contributed by atoms with Gasteiger partial charge in [-0.15, -0.1) is 0 Å². The number of nitrogens with zero attached hydrogens (tertiary/aromatic N) is 5. The first-order valence-corrected chi connectivity index (χ1v) is 11.4. The van der Waals surface area contributed by atoms with Crippen LogP contribution in [0.4, 0.5) is 18.9 Å². The number of aromatic nitrogens is 3. The van der Waals surface area contributed by atoms with Crippen LogP contribution in [-0.2, 0) is 6.18 Å². The summed E-state index contributed by atoms with van der Waals surface area (Å²) in [5.41, 5.74) is 1.49. The molecule has 5 rings (SSSR count). The van der Waals surface area contributed by atoms with Crippen LogP contribution >= 0.6 is 11.6 Å². The van der Waals surface area contributed by atoms with Crippen LogP contribution in [0.3, 0.4) is 0 Å². The Labute approximate surface area is 204 Å². The van der Waals surface area contributed by atoms with E-state index in [4.69, 9.17) is 11.6 Å². The van der Waals surface area contributed by atoms with Crippen molar-refractivity contribution in [1.29, 1.82) is 0 Å². The van der Waals surface area contributed by atoms with Crippen LogP contribution in [-0.4, -0.2) is 51.6 Å². The number of hydrogen-bond donors (Lipinski definition) is 0. The van der Waals surface area contributed by atoms with Crippen molar-refractivity contribution in [2.75, 3.05) is 31.1 Å². The molecule has 1 aliphatic rings. The normalized spacial score (nSPS) is 14.5. The van der Waals surface area contributed by atoms with Crippen molar-refractivity contribution in [3.05, 3.63) is 82.6 Å². The number of anilines is 1.